The summed E-state index contributed by atoms with van der Waals surface area (Å²) in [5, 5.41) is 6.94. The number of nitrogens with zero attached hydrogens (tertiary/aromatic N) is 2. The molecule has 4 rings (SSSR count). The molecule has 0 aliphatic carbocycles. The van der Waals surface area contributed by atoms with Crippen LogP contribution in [-0.4, -0.2) is 28.4 Å². The maximum Gasteiger partial charge on any atom is 0.349 e. The topological polar surface area (TPSA) is 106 Å². The first kappa shape index (κ1) is 22.2. The molecular weight excluding hydrogens is 495 g/mol. The van der Waals surface area contributed by atoms with E-state index in [1.54, 1.807) is 42.5 Å². The number of rotatable bonds is 6. The van der Waals surface area contributed by atoms with Crippen LogP contribution < -0.4 is 21.3 Å². The summed E-state index contributed by atoms with van der Waals surface area (Å²) >= 11 is 3.35. The predicted molar refractivity (Wildman–Crippen MR) is 126 cm³/mol. The van der Waals surface area contributed by atoms with E-state index in [0.29, 0.717) is 37.1 Å². The molecule has 166 valence electrons. The van der Waals surface area contributed by atoms with Gasteiger partial charge < -0.3 is 15.0 Å². The lowest BCUT2D eigenvalue weighted by atomic mass is 10.2. The molecule has 2 N–H and O–H groups in total. The minimum atomic E-state index is -0.689. The number of aromatic nitrogens is 2. The van der Waals surface area contributed by atoms with Crippen molar-refractivity contribution < 1.29 is 13.9 Å². The first-order valence-corrected chi connectivity index (χ1v) is 10.5. The lowest BCUT2D eigenvalue weighted by molar-refractivity contribution is -0.118. The maximum atomic E-state index is 13.0. The van der Waals surface area contributed by atoms with Gasteiger partial charge in [-0.3, -0.25) is 9.59 Å². The van der Waals surface area contributed by atoms with Gasteiger partial charge in [0.25, 0.3) is 11.5 Å². The molecular formula is C23H16BrFN4O4. The van der Waals surface area contributed by atoms with Crippen LogP contribution in [-0.2, 0) is 4.79 Å². The average Bonchev–Trinajstić information content (AvgIpc) is 2.80. The number of hydrogen-bond donors (Lipinski definition) is 2. The lowest BCUT2D eigenvalue weighted by Crippen LogP contribution is -2.32. The zero-order valence-electron chi connectivity index (χ0n) is 16.9. The molecule has 0 radical (unpaired) electrons. The van der Waals surface area contributed by atoms with E-state index >= 15 is 0 Å². The number of H-pyrrole nitrogens is 1. The SMILES string of the molecule is O=C(COc1ccc(Br)cc1C=Nn1c(=O)[nH]c2ccccc2c1=O)Nc1ccc(F)cc1. The van der Waals surface area contributed by atoms with Crippen LogP contribution in [0.15, 0.2) is 85.9 Å². The van der Waals surface area contributed by atoms with Gasteiger partial charge in [0.05, 0.1) is 17.1 Å². The van der Waals surface area contributed by atoms with E-state index in [0.717, 1.165) is 0 Å². The van der Waals surface area contributed by atoms with E-state index in [1.165, 1.54) is 30.5 Å². The molecule has 0 atom stereocenters. The van der Waals surface area contributed by atoms with E-state index in [2.05, 4.69) is 31.3 Å². The summed E-state index contributed by atoms with van der Waals surface area (Å²) in [5.41, 5.74) is 0.0151. The minimum absolute atomic E-state index is 0.307. The highest BCUT2D eigenvalue weighted by atomic mass is 79.9. The van der Waals surface area contributed by atoms with Gasteiger partial charge in [-0.15, -0.1) is 4.68 Å². The van der Waals surface area contributed by atoms with Crippen LogP contribution in [0.4, 0.5) is 10.1 Å². The molecule has 0 spiro atoms. The number of para-hydroxylation sites is 1. The molecule has 0 saturated heterocycles. The summed E-state index contributed by atoms with van der Waals surface area (Å²) in [6, 6.07) is 16.9. The van der Waals surface area contributed by atoms with E-state index in [9.17, 15) is 18.8 Å². The number of halogens is 2. The number of nitrogens with one attached hydrogen (secondary N) is 2. The molecule has 4 aromatic rings. The molecule has 0 aliphatic heterocycles. The van der Waals surface area contributed by atoms with Crippen molar-refractivity contribution in [1.29, 1.82) is 0 Å². The summed E-state index contributed by atoms with van der Waals surface area (Å²) in [6.45, 7) is -0.323. The average molecular weight is 511 g/mol. The number of benzene rings is 3. The van der Waals surface area contributed by atoms with E-state index in [-0.39, 0.29) is 6.61 Å². The van der Waals surface area contributed by atoms with Gasteiger partial charge in [-0.1, -0.05) is 28.1 Å². The summed E-state index contributed by atoms with van der Waals surface area (Å²) < 4.78 is 20.0. The monoisotopic (exact) mass is 510 g/mol. The number of anilines is 1. The third-order valence-corrected chi connectivity index (χ3v) is 5.05. The predicted octanol–water partition coefficient (Wildman–Crippen LogP) is 3.49. The summed E-state index contributed by atoms with van der Waals surface area (Å²) in [7, 11) is 0. The highest BCUT2D eigenvalue weighted by molar-refractivity contribution is 9.10. The highest BCUT2D eigenvalue weighted by Gasteiger charge is 2.09. The zero-order chi connectivity index (χ0) is 23.4. The van der Waals surface area contributed by atoms with Gasteiger partial charge in [0.15, 0.2) is 6.61 Å². The lowest BCUT2D eigenvalue weighted by Gasteiger charge is -2.10. The van der Waals surface area contributed by atoms with Crippen LogP contribution in [0, 0.1) is 5.82 Å². The zero-order valence-corrected chi connectivity index (χ0v) is 18.5. The van der Waals surface area contributed by atoms with Crippen molar-refractivity contribution in [2.45, 2.75) is 0 Å². The second kappa shape index (κ2) is 9.61. The van der Waals surface area contributed by atoms with Crippen molar-refractivity contribution in [2.75, 3.05) is 11.9 Å². The second-order valence-corrected chi connectivity index (χ2v) is 7.78. The number of carbonyl (C=O) groups is 1. The van der Waals surface area contributed by atoms with Gasteiger partial charge in [0.2, 0.25) is 0 Å². The summed E-state index contributed by atoms with van der Waals surface area (Å²) in [4.78, 5) is 39.7. The summed E-state index contributed by atoms with van der Waals surface area (Å²) in [6.07, 6.45) is 1.30. The smallest absolute Gasteiger partial charge is 0.349 e. The normalized spacial score (nSPS) is 11.1. The minimum Gasteiger partial charge on any atom is -0.483 e. The van der Waals surface area contributed by atoms with Crippen molar-refractivity contribution >= 4 is 44.6 Å². The Morgan fingerprint density at radius 3 is 2.67 bits per heavy atom. The first-order valence-electron chi connectivity index (χ1n) is 9.67. The number of carbonyl (C=O) groups excluding carboxylic acids is 1. The molecule has 1 heterocycles. The molecule has 10 heteroatoms. The van der Waals surface area contributed by atoms with Gasteiger partial charge in [0, 0.05) is 15.7 Å². The molecule has 0 aliphatic rings. The Balaban J connectivity index is 1.55. The maximum absolute atomic E-state index is 13.0. The Labute approximate surface area is 194 Å². The summed E-state index contributed by atoms with van der Waals surface area (Å²) in [5.74, 6) is -0.552. The van der Waals surface area contributed by atoms with Crippen LogP contribution in [0.1, 0.15) is 5.56 Å². The van der Waals surface area contributed by atoms with Crippen LogP contribution in [0.3, 0.4) is 0 Å². The quantitative estimate of drug-likeness (QED) is 0.387. The molecule has 1 aromatic heterocycles. The molecule has 33 heavy (non-hydrogen) atoms. The molecule has 0 bridgehead atoms. The Bertz CT molecular complexity index is 1480. The molecule has 3 aromatic carbocycles. The van der Waals surface area contributed by atoms with Crippen molar-refractivity contribution in [3.05, 3.63) is 103 Å². The Morgan fingerprint density at radius 1 is 1.12 bits per heavy atom. The molecule has 0 fully saturated rings. The van der Waals surface area contributed by atoms with Gasteiger partial charge >= 0.3 is 5.69 Å². The van der Waals surface area contributed by atoms with Crippen LogP contribution in [0.5, 0.6) is 5.75 Å². The van der Waals surface area contributed by atoms with E-state index < -0.39 is 23.0 Å². The third kappa shape index (κ3) is 5.24. The Morgan fingerprint density at radius 2 is 1.88 bits per heavy atom. The molecule has 1 amide bonds. The van der Waals surface area contributed by atoms with Gasteiger partial charge in [-0.05, 0) is 54.6 Å². The fourth-order valence-electron chi connectivity index (χ4n) is 3.00. The third-order valence-electron chi connectivity index (χ3n) is 4.55. The van der Waals surface area contributed by atoms with Crippen LogP contribution in [0.2, 0.25) is 0 Å². The molecule has 0 saturated carbocycles. The van der Waals surface area contributed by atoms with Crippen LogP contribution in [0.25, 0.3) is 10.9 Å². The largest absolute Gasteiger partial charge is 0.483 e. The molecule has 8 nitrogen and oxygen atoms in total. The van der Waals surface area contributed by atoms with E-state index in [4.69, 9.17) is 4.74 Å². The second-order valence-electron chi connectivity index (χ2n) is 6.86. The standard InChI is InChI=1S/C23H16BrFN4O4/c24-15-5-10-20(33-13-21(30)27-17-8-6-16(25)7-9-17)14(11-15)12-26-29-22(31)18-3-1-2-4-19(18)28-23(29)32/h1-12H,13H2,(H,27,30)(H,28,32). The Hall–Kier alpha value is -4.05. The van der Waals surface area contributed by atoms with Gasteiger partial charge in [0.1, 0.15) is 11.6 Å². The van der Waals surface area contributed by atoms with Crippen LogP contribution >= 0.6 is 15.9 Å². The fourth-order valence-corrected chi connectivity index (χ4v) is 3.38. The number of fused-ring (bicyclic) bond motifs is 1. The van der Waals surface area contributed by atoms with Gasteiger partial charge in [-0.2, -0.15) is 5.10 Å². The van der Waals surface area contributed by atoms with Crippen molar-refractivity contribution in [1.82, 2.24) is 9.66 Å². The number of aromatic amines is 1. The Kier molecular flexibility index (Phi) is 6.45. The number of hydrogen-bond acceptors (Lipinski definition) is 5. The van der Waals surface area contributed by atoms with Crippen molar-refractivity contribution in [3.63, 3.8) is 0 Å². The van der Waals surface area contributed by atoms with Crippen molar-refractivity contribution in [3.8, 4) is 5.75 Å². The number of amides is 1. The van der Waals surface area contributed by atoms with Crippen molar-refractivity contribution in [2.24, 2.45) is 5.10 Å². The number of ether oxygens (including phenoxy) is 1. The highest BCUT2D eigenvalue weighted by Crippen LogP contribution is 2.22. The fraction of sp³-hybridized carbons (Fsp3) is 0.0435. The van der Waals surface area contributed by atoms with Gasteiger partial charge in [-0.25, -0.2) is 9.18 Å². The first-order chi connectivity index (χ1) is 15.9. The van der Waals surface area contributed by atoms with E-state index in [1.807, 2.05) is 0 Å². The molecule has 0 unspecified atom stereocenters.